The molecule has 0 aliphatic rings. The van der Waals surface area contributed by atoms with Gasteiger partial charge >= 0.3 is 0 Å². The standard InChI is InChI=1S/C22H16N4OS/c27-20(13-17-6-3-11-28-17)23-19-10-9-18-22(24-19)21(26-25-18)16-8-7-14-4-1-2-5-15(14)12-16/h1-12H,13H2,(H,25,26)(H,23,24,27). The van der Waals surface area contributed by atoms with Crippen LogP contribution in [-0.4, -0.2) is 21.1 Å². The molecule has 0 atom stereocenters. The molecule has 136 valence electrons. The Kier molecular flexibility index (Phi) is 4.10. The average Bonchev–Trinajstić information content (AvgIpc) is 3.37. The van der Waals surface area contributed by atoms with E-state index in [1.807, 2.05) is 41.8 Å². The van der Waals surface area contributed by atoms with Crippen LogP contribution in [0, 0.1) is 0 Å². The lowest BCUT2D eigenvalue weighted by Gasteiger charge is -2.05. The van der Waals surface area contributed by atoms with Gasteiger partial charge in [0.1, 0.15) is 17.0 Å². The highest BCUT2D eigenvalue weighted by atomic mass is 32.1. The molecule has 3 aromatic heterocycles. The smallest absolute Gasteiger partial charge is 0.230 e. The molecule has 0 saturated carbocycles. The molecule has 0 spiro atoms. The fourth-order valence-corrected chi connectivity index (χ4v) is 3.97. The Morgan fingerprint density at radius 1 is 1.00 bits per heavy atom. The van der Waals surface area contributed by atoms with Crippen molar-refractivity contribution < 1.29 is 4.79 Å². The second kappa shape index (κ2) is 6.90. The average molecular weight is 384 g/mol. The van der Waals surface area contributed by atoms with Gasteiger partial charge < -0.3 is 5.32 Å². The Hall–Kier alpha value is -3.51. The van der Waals surface area contributed by atoms with Gasteiger partial charge in [0, 0.05) is 10.4 Å². The minimum Gasteiger partial charge on any atom is -0.310 e. The van der Waals surface area contributed by atoms with Gasteiger partial charge in [-0.2, -0.15) is 5.10 Å². The van der Waals surface area contributed by atoms with Crippen LogP contribution in [0.3, 0.4) is 0 Å². The fourth-order valence-electron chi connectivity index (χ4n) is 3.26. The molecule has 5 rings (SSSR count). The van der Waals surface area contributed by atoms with Gasteiger partial charge in [0.25, 0.3) is 0 Å². The molecule has 1 amide bonds. The number of nitrogens with zero attached hydrogens (tertiary/aromatic N) is 2. The van der Waals surface area contributed by atoms with E-state index in [-0.39, 0.29) is 5.91 Å². The van der Waals surface area contributed by atoms with E-state index < -0.39 is 0 Å². The minimum absolute atomic E-state index is 0.0787. The molecule has 28 heavy (non-hydrogen) atoms. The Bertz CT molecular complexity index is 1290. The Morgan fingerprint density at radius 2 is 1.89 bits per heavy atom. The maximum Gasteiger partial charge on any atom is 0.230 e. The topological polar surface area (TPSA) is 70.7 Å². The molecule has 3 heterocycles. The van der Waals surface area contributed by atoms with E-state index in [1.165, 1.54) is 5.39 Å². The number of thiophene rings is 1. The number of aromatic nitrogens is 3. The quantitative estimate of drug-likeness (QED) is 0.457. The first kappa shape index (κ1) is 16.6. The predicted molar refractivity (Wildman–Crippen MR) is 113 cm³/mol. The first-order valence-corrected chi connectivity index (χ1v) is 9.81. The fraction of sp³-hybridized carbons (Fsp3) is 0.0455. The molecule has 5 aromatic rings. The second-order valence-corrected chi connectivity index (χ2v) is 7.56. The SMILES string of the molecule is O=C(Cc1cccs1)Nc1ccc2[nH]nc(-c3ccc4ccccc4c3)c2n1. The van der Waals surface area contributed by atoms with E-state index in [4.69, 9.17) is 0 Å². The third kappa shape index (κ3) is 3.14. The number of H-pyrrole nitrogens is 1. The summed E-state index contributed by atoms with van der Waals surface area (Å²) in [6.45, 7) is 0. The highest BCUT2D eigenvalue weighted by Gasteiger charge is 2.12. The number of rotatable bonds is 4. The van der Waals surface area contributed by atoms with Crippen LogP contribution in [0.15, 0.2) is 72.1 Å². The van der Waals surface area contributed by atoms with Crippen LogP contribution in [0.1, 0.15) is 4.88 Å². The third-order valence-corrected chi connectivity index (χ3v) is 5.49. The lowest BCUT2D eigenvalue weighted by Crippen LogP contribution is -2.14. The number of carbonyl (C=O) groups excluding carboxylic acids is 1. The molecular formula is C22H16N4OS. The van der Waals surface area contributed by atoms with E-state index in [0.717, 1.165) is 32.6 Å². The highest BCUT2D eigenvalue weighted by Crippen LogP contribution is 2.28. The van der Waals surface area contributed by atoms with Crippen molar-refractivity contribution in [2.24, 2.45) is 0 Å². The number of amides is 1. The molecule has 0 radical (unpaired) electrons. The molecule has 5 nitrogen and oxygen atoms in total. The van der Waals surface area contributed by atoms with Crippen molar-refractivity contribution in [2.45, 2.75) is 6.42 Å². The van der Waals surface area contributed by atoms with Gasteiger partial charge in [0.2, 0.25) is 5.91 Å². The van der Waals surface area contributed by atoms with Crippen LogP contribution >= 0.6 is 11.3 Å². The van der Waals surface area contributed by atoms with Gasteiger partial charge in [-0.25, -0.2) is 4.98 Å². The van der Waals surface area contributed by atoms with Crippen LogP contribution in [0.5, 0.6) is 0 Å². The summed E-state index contributed by atoms with van der Waals surface area (Å²) in [7, 11) is 0. The minimum atomic E-state index is -0.0787. The molecule has 0 bridgehead atoms. The Labute approximate surface area is 165 Å². The van der Waals surface area contributed by atoms with Crippen molar-refractivity contribution in [3.05, 3.63) is 77.0 Å². The number of anilines is 1. The normalized spacial score (nSPS) is 11.1. The monoisotopic (exact) mass is 384 g/mol. The lowest BCUT2D eigenvalue weighted by atomic mass is 10.0. The molecule has 0 saturated heterocycles. The van der Waals surface area contributed by atoms with Crippen LogP contribution in [-0.2, 0) is 11.2 Å². The number of nitrogens with one attached hydrogen (secondary N) is 2. The summed E-state index contributed by atoms with van der Waals surface area (Å²) in [5.74, 6) is 0.447. The van der Waals surface area contributed by atoms with Crippen LogP contribution < -0.4 is 5.32 Å². The van der Waals surface area contributed by atoms with Crippen molar-refractivity contribution in [1.82, 2.24) is 15.2 Å². The molecule has 2 N–H and O–H groups in total. The largest absolute Gasteiger partial charge is 0.310 e. The number of fused-ring (bicyclic) bond motifs is 2. The first-order valence-electron chi connectivity index (χ1n) is 8.93. The summed E-state index contributed by atoms with van der Waals surface area (Å²) in [6, 6.07) is 22.0. The summed E-state index contributed by atoms with van der Waals surface area (Å²) < 4.78 is 0. The van der Waals surface area contributed by atoms with E-state index in [1.54, 1.807) is 17.4 Å². The van der Waals surface area contributed by atoms with Crippen molar-refractivity contribution in [3.8, 4) is 11.3 Å². The second-order valence-electron chi connectivity index (χ2n) is 6.53. The number of pyridine rings is 1. The third-order valence-electron chi connectivity index (χ3n) is 4.61. The number of hydrogen-bond acceptors (Lipinski definition) is 4. The van der Waals surface area contributed by atoms with Crippen molar-refractivity contribution >= 4 is 44.9 Å². The Balaban J connectivity index is 1.48. The lowest BCUT2D eigenvalue weighted by molar-refractivity contribution is -0.115. The van der Waals surface area contributed by atoms with Gasteiger partial charge in [-0.3, -0.25) is 9.89 Å². The summed E-state index contributed by atoms with van der Waals surface area (Å²) in [5.41, 5.74) is 3.33. The van der Waals surface area contributed by atoms with Crippen LogP contribution in [0.4, 0.5) is 5.82 Å². The maximum absolute atomic E-state index is 12.3. The zero-order valence-electron chi connectivity index (χ0n) is 14.8. The van der Waals surface area contributed by atoms with Gasteiger partial charge in [0.15, 0.2) is 0 Å². The number of aromatic amines is 1. The van der Waals surface area contributed by atoms with Crippen LogP contribution in [0.2, 0.25) is 0 Å². The number of hydrogen-bond donors (Lipinski definition) is 2. The zero-order chi connectivity index (χ0) is 18.9. The Morgan fingerprint density at radius 3 is 2.75 bits per heavy atom. The van der Waals surface area contributed by atoms with E-state index in [9.17, 15) is 4.79 Å². The molecule has 2 aromatic carbocycles. The summed E-state index contributed by atoms with van der Waals surface area (Å²) in [4.78, 5) is 18.0. The number of carbonyl (C=O) groups is 1. The van der Waals surface area contributed by atoms with Gasteiger partial charge in [0.05, 0.1) is 11.9 Å². The molecular weight excluding hydrogens is 368 g/mol. The van der Waals surface area contributed by atoms with Gasteiger partial charge in [-0.1, -0.05) is 42.5 Å². The molecule has 0 aliphatic heterocycles. The van der Waals surface area contributed by atoms with Gasteiger partial charge in [-0.15, -0.1) is 11.3 Å². The first-order chi connectivity index (χ1) is 13.8. The summed E-state index contributed by atoms with van der Waals surface area (Å²) in [6.07, 6.45) is 0.348. The highest BCUT2D eigenvalue weighted by molar-refractivity contribution is 7.10. The predicted octanol–water partition coefficient (Wildman–Crippen LogP) is 5.02. The van der Waals surface area contributed by atoms with E-state index >= 15 is 0 Å². The molecule has 0 aliphatic carbocycles. The van der Waals surface area contributed by atoms with Crippen molar-refractivity contribution in [2.75, 3.05) is 5.32 Å². The summed E-state index contributed by atoms with van der Waals surface area (Å²) >= 11 is 1.57. The summed E-state index contributed by atoms with van der Waals surface area (Å²) in [5, 5.41) is 14.7. The van der Waals surface area contributed by atoms with Crippen molar-refractivity contribution in [1.29, 1.82) is 0 Å². The van der Waals surface area contributed by atoms with Gasteiger partial charge in [-0.05, 0) is 40.4 Å². The molecule has 0 unspecified atom stereocenters. The maximum atomic E-state index is 12.3. The zero-order valence-corrected chi connectivity index (χ0v) is 15.7. The van der Waals surface area contributed by atoms with E-state index in [2.05, 4.69) is 44.8 Å². The number of benzene rings is 2. The van der Waals surface area contributed by atoms with Crippen LogP contribution in [0.25, 0.3) is 33.1 Å². The van der Waals surface area contributed by atoms with Crippen molar-refractivity contribution in [3.63, 3.8) is 0 Å². The molecule has 6 heteroatoms. The molecule has 0 fully saturated rings. The van der Waals surface area contributed by atoms with E-state index in [0.29, 0.717) is 12.2 Å².